The molecule has 3 aromatic rings. The second-order valence-electron chi connectivity index (χ2n) is 7.06. The third kappa shape index (κ3) is 3.50. The number of ether oxygens (including phenoxy) is 1. The van der Waals surface area contributed by atoms with E-state index in [1.54, 1.807) is 6.33 Å². The van der Waals surface area contributed by atoms with Gasteiger partial charge in [0.1, 0.15) is 18.0 Å². The quantitative estimate of drug-likeness (QED) is 0.724. The number of aromatic amines is 1. The number of H-pyrrole nitrogens is 1. The Hall–Kier alpha value is -2.93. The molecular formula is C20H22N6O. The Bertz CT molecular complexity index is 908. The molecule has 2 aromatic heterocycles. The Morgan fingerprint density at radius 3 is 2.81 bits per heavy atom. The maximum atomic E-state index is 5.73. The van der Waals surface area contributed by atoms with Crippen molar-refractivity contribution in [3.63, 3.8) is 0 Å². The molecule has 138 valence electrons. The van der Waals surface area contributed by atoms with Crippen LogP contribution in [0.1, 0.15) is 36.1 Å². The van der Waals surface area contributed by atoms with Crippen LogP contribution in [0.2, 0.25) is 0 Å². The van der Waals surface area contributed by atoms with E-state index < -0.39 is 0 Å². The maximum absolute atomic E-state index is 5.73. The molecule has 2 aliphatic rings. The number of rotatable bonds is 5. The Labute approximate surface area is 157 Å². The van der Waals surface area contributed by atoms with E-state index in [0.29, 0.717) is 19.1 Å². The largest absolute Gasteiger partial charge is 0.377 e. The maximum Gasteiger partial charge on any atom is 0.153 e. The second-order valence-corrected chi connectivity index (χ2v) is 7.06. The van der Waals surface area contributed by atoms with E-state index in [9.17, 15) is 0 Å². The first-order valence-electron chi connectivity index (χ1n) is 9.40. The smallest absolute Gasteiger partial charge is 0.153 e. The van der Waals surface area contributed by atoms with Crippen LogP contribution in [0.15, 0.2) is 48.8 Å². The van der Waals surface area contributed by atoms with E-state index >= 15 is 0 Å². The van der Waals surface area contributed by atoms with Gasteiger partial charge in [0.2, 0.25) is 0 Å². The monoisotopic (exact) mass is 362 g/mol. The summed E-state index contributed by atoms with van der Waals surface area (Å²) in [7, 11) is 0. The summed E-state index contributed by atoms with van der Waals surface area (Å²) < 4.78 is 5.73. The van der Waals surface area contributed by atoms with Crippen LogP contribution in [0.5, 0.6) is 0 Å². The van der Waals surface area contributed by atoms with Crippen molar-refractivity contribution in [3.8, 4) is 0 Å². The van der Waals surface area contributed by atoms with E-state index in [-0.39, 0.29) is 6.04 Å². The van der Waals surface area contributed by atoms with Gasteiger partial charge in [0, 0.05) is 30.3 Å². The van der Waals surface area contributed by atoms with Crippen molar-refractivity contribution in [3.05, 3.63) is 60.0 Å². The van der Waals surface area contributed by atoms with Crippen molar-refractivity contribution in [2.75, 3.05) is 30.0 Å². The lowest BCUT2D eigenvalue weighted by molar-refractivity contribution is 0.0937. The molecule has 27 heavy (non-hydrogen) atoms. The van der Waals surface area contributed by atoms with Gasteiger partial charge in [-0.1, -0.05) is 30.3 Å². The lowest BCUT2D eigenvalue weighted by Gasteiger charge is -2.36. The van der Waals surface area contributed by atoms with Crippen molar-refractivity contribution in [2.24, 2.45) is 0 Å². The van der Waals surface area contributed by atoms with Gasteiger partial charge in [0.05, 0.1) is 19.3 Å². The summed E-state index contributed by atoms with van der Waals surface area (Å²) >= 11 is 0. The van der Waals surface area contributed by atoms with Crippen molar-refractivity contribution < 1.29 is 4.74 Å². The molecule has 0 spiro atoms. The van der Waals surface area contributed by atoms with Crippen molar-refractivity contribution in [2.45, 2.75) is 24.8 Å². The predicted molar refractivity (Wildman–Crippen MR) is 103 cm³/mol. The van der Waals surface area contributed by atoms with E-state index in [2.05, 4.69) is 60.7 Å². The first-order chi connectivity index (χ1) is 13.4. The normalized spacial score (nSPS) is 19.9. The Morgan fingerprint density at radius 2 is 1.96 bits per heavy atom. The predicted octanol–water partition coefficient (Wildman–Crippen LogP) is 3.40. The summed E-state index contributed by atoms with van der Waals surface area (Å²) in [4.78, 5) is 11.2. The third-order valence-corrected chi connectivity index (χ3v) is 5.13. The number of nitrogens with zero attached hydrogens (tertiary/aromatic N) is 4. The molecule has 0 amide bonds. The van der Waals surface area contributed by atoms with Gasteiger partial charge in [-0.2, -0.15) is 5.10 Å². The zero-order valence-electron chi connectivity index (χ0n) is 15.0. The minimum Gasteiger partial charge on any atom is -0.377 e. The fraction of sp³-hybridized carbons (Fsp3) is 0.350. The highest BCUT2D eigenvalue weighted by Gasteiger charge is 2.27. The summed E-state index contributed by atoms with van der Waals surface area (Å²) in [5.74, 6) is 3.08. The number of anilines is 3. The van der Waals surface area contributed by atoms with Gasteiger partial charge in [-0.15, -0.1) is 0 Å². The van der Waals surface area contributed by atoms with Crippen molar-refractivity contribution >= 4 is 17.5 Å². The van der Waals surface area contributed by atoms with Gasteiger partial charge in [0.15, 0.2) is 5.82 Å². The van der Waals surface area contributed by atoms with Gasteiger partial charge in [-0.05, 0) is 18.4 Å². The Balaban J connectivity index is 1.38. The van der Waals surface area contributed by atoms with E-state index in [0.717, 1.165) is 24.0 Å². The molecule has 7 heteroatoms. The minimum atomic E-state index is 0.148. The molecule has 7 nitrogen and oxygen atoms in total. The van der Waals surface area contributed by atoms with Crippen LogP contribution in [0.4, 0.5) is 17.5 Å². The first-order valence-corrected chi connectivity index (χ1v) is 9.40. The Kier molecular flexibility index (Phi) is 4.21. The summed E-state index contributed by atoms with van der Waals surface area (Å²) in [6, 6.07) is 14.6. The molecule has 1 aliphatic carbocycles. The van der Waals surface area contributed by atoms with Gasteiger partial charge < -0.3 is 15.0 Å². The third-order valence-electron chi connectivity index (χ3n) is 5.13. The van der Waals surface area contributed by atoms with Crippen LogP contribution in [0.25, 0.3) is 0 Å². The molecule has 0 radical (unpaired) electrons. The van der Waals surface area contributed by atoms with Crippen LogP contribution >= 0.6 is 0 Å². The summed E-state index contributed by atoms with van der Waals surface area (Å²) in [5.41, 5.74) is 2.43. The SMILES string of the molecule is c1ccc(C2COCCN2c2cc(Nc3cc(C4CC4)[nH]n3)ncn2)cc1. The summed E-state index contributed by atoms with van der Waals surface area (Å²) in [5, 5.41) is 10.7. The van der Waals surface area contributed by atoms with E-state index in [1.165, 1.54) is 24.1 Å². The Morgan fingerprint density at radius 1 is 1.07 bits per heavy atom. The van der Waals surface area contributed by atoms with Crippen LogP contribution in [0, 0.1) is 0 Å². The number of benzene rings is 1. The zero-order chi connectivity index (χ0) is 18.1. The summed E-state index contributed by atoms with van der Waals surface area (Å²) in [6.07, 6.45) is 4.10. The number of morpholine rings is 1. The zero-order valence-corrected chi connectivity index (χ0v) is 15.0. The van der Waals surface area contributed by atoms with Gasteiger partial charge in [0.25, 0.3) is 0 Å². The molecule has 1 aromatic carbocycles. The van der Waals surface area contributed by atoms with E-state index in [4.69, 9.17) is 4.74 Å². The highest BCUT2D eigenvalue weighted by molar-refractivity contribution is 5.57. The molecular weight excluding hydrogens is 340 g/mol. The number of hydrogen-bond acceptors (Lipinski definition) is 6. The van der Waals surface area contributed by atoms with Gasteiger partial charge >= 0.3 is 0 Å². The molecule has 1 atom stereocenters. The topological polar surface area (TPSA) is 79.0 Å². The highest BCUT2D eigenvalue weighted by atomic mass is 16.5. The lowest BCUT2D eigenvalue weighted by Crippen LogP contribution is -2.40. The molecule has 2 N–H and O–H groups in total. The minimum absolute atomic E-state index is 0.148. The lowest BCUT2D eigenvalue weighted by atomic mass is 10.1. The van der Waals surface area contributed by atoms with Gasteiger partial charge in [-0.25, -0.2) is 9.97 Å². The van der Waals surface area contributed by atoms with Crippen LogP contribution in [-0.4, -0.2) is 39.9 Å². The van der Waals surface area contributed by atoms with Crippen LogP contribution < -0.4 is 10.2 Å². The first kappa shape index (κ1) is 16.3. The second kappa shape index (κ2) is 7.00. The molecule has 1 saturated heterocycles. The van der Waals surface area contributed by atoms with Crippen LogP contribution in [-0.2, 0) is 4.74 Å². The molecule has 3 heterocycles. The number of aromatic nitrogens is 4. The molecule has 0 bridgehead atoms. The standard InChI is InChI=1S/C20H22N6O/c1-2-4-15(5-3-1)17-12-27-9-8-26(17)20-11-18(21-13-22-20)23-19-10-16(24-25-19)14-6-7-14/h1-5,10-11,13-14,17H,6-9,12H2,(H2,21,22,23,24,25). The van der Waals surface area contributed by atoms with Crippen LogP contribution in [0.3, 0.4) is 0 Å². The summed E-state index contributed by atoms with van der Waals surface area (Å²) in [6.45, 7) is 2.14. The molecule has 1 aliphatic heterocycles. The molecule has 1 saturated carbocycles. The fourth-order valence-corrected chi connectivity index (χ4v) is 3.54. The number of hydrogen-bond donors (Lipinski definition) is 2. The fourth-order valence-electron chi connectivity index (χ4n) is 3.54. The average molecular weight is 362 g/mol. The molecule has 1 unspecified atom stereocenters. The number of nitrogens with one attached hydrogen (secondary N) is 2. The van der Waals surface area contributed by atoms with Crippen molar-refractivity contribution in [1.82, 2.24) is 20.2 Å². The van der Waals surface area contributed by atoms with Crippen molar-refractivity contribution in [1.29, 1.82) is 0 Å². The molecule has 2 fully saturated rings. The van der Waals surface area contributed by atoms with Gasteiger partial charge in [-0.3, -0.25) is 5.10 Å². The van der Waals surface area contributed by atoms with E-state index in [1.807, 2.05) is 12.1 Å². The average Bonchev–Trinajstić information content (AvgIpc) is 3.48. The molecule has 5 rings (SSSR count). The highest BCUT2D eigenvalue weighted by Crippen LogP contribution is 2.39.